The van der Waals surface area contributed by atoms with Crippen molar-refractivity contribution in [3.05, 3.63) is 65.2 Å². The summed E-state index contributed by atoms with van der Waals surface area (Å²) in [5.74, 6) is 1.35. The van der Waals surface area contributed by atoms with Gasteiger partial charge in [-0.05, 0) is 54.5 Å². The van der Waals surface area contributed by atoms with Gasteiger partial charge in [0.2, 0.25) is 0 Å². The second-order valence-electron chi connectivity index (χ2n) is 5.92. The SMILES string of the molecule is COc1cc(C=O)cc(C[C@@H](C)CCCc2ccccc2)c1. The molecule has 2 rings (SSSR count). The van der Waals surface area contributed by atoms with E-state index in [4.69, 9.17) is 4.74 Å². The maximum atomic E-state index is 11.0. The second kappa shape index (κ2) is 8.38. The average Bonchev–Trinajstić information content (AvgIpc) is 2.55. The summed E-state index contributed by atoms with van der Waals surface area (Å²) in [5, 5.41) is 0. The Morgan fingerprint density at radius 3 is 2.55 bits per heavy atom. The van der Waals surface area contributed by atoms with E-state index in [1.165, 1.54) is 24.0 Å². The third-order valence-electron chi connectivity index (χ3n) is 3.95. The first-order valence-corrected chi connectivity index (χ1v) is 7.88. The van der Waals surface area contributed by atoms with Crippen LogP contribution in [0.5, 0.6) is 5.75 Å². The summed E-state index contributed by atoms with van der Waals surface area (Å²) in [4.78, 5) is 11.0. The molecule has 0 aliphatic carbocycles. The van der Waals surface area contributed by atoms with E-state index in [1.54, 1.807) is 13.2 Å². The predicted octanol–water partition coefficient (Wildman–Crippen LogP) is 4.71. The molecule has 2 heteroatoms. The molecule has 0 amide bonds. The number of carbonyl (C=O) groups excluding carboxylic acids is 1. The van der Waals surface area contributed by atoms with Crippen molar-refractivity contribution in [1.82, 2.24) is 0 Å². The van der Waals surface area contributed by atoms with Crippen LogP contribution in [0.25, 0.3) is 0 Å². The van der Waals surface area contributed by atoms with Crippen molar-refractivity contribution < 1.29 is 9.53 Å². The minimum Gasteiger partial charge on any atom is -0.497 e. The fraction of sp³-hybridized carbons (Fsp3) is 0.350. The molecule has 116 valence electrons. The van der Waals surface area contributed by atoms with Crippen molar-refractivity contribution in [3.63, 3.8) is 0 Å². The van der Waals surface area contributed by atoms with Crippen LogP contribution in [0, 0.1) is 5.92 Å². The zero-order chi connectivity index (χ0) is 15.8. The van der Waals surface area contributed by atoms with Gasteiger partial charge in [0.25, 0.3) is 0 Å². The Bertz CT molecular complexity index is 590. The highest BCUT2D eigenvalue weighted by atomic mass is 16.5. The van der Waals surface area contributed by atoms with Gasteiger partial charge in [0.05, 0.1) is 7.11 Å². The topological polar surface area (TPSA) is 26.3 Å². The Kier molecular flexibility index (Phi) is 6.20. The van der Waals surface area contributed by atoms with Gasteiger partial charge >= 0.3 is 0 Å². The highest BCUT2D eigenvalue weighted by Gasteiger charge is 2.07. The summed E-state index contributed by atoms with van der Waals surface area (Å²) in [7, 11) is 1.64. The number of hydrogen-bond donors (Lipinski definition) is 0. The van der Waals surface area contributed by atoms with Gasteiger partial charge < -0.3 is 4.74 Å². The second-order valence-corrected chi connectivity index (χ2v) is 5.92. The van der Waals surface area contributed by atoms with Gasteiger partial charge in [0.15, 0.2) is 0 Å². The van der Waals surface area contributed by atoms with Gasteiger partial charge in [0, 0.05) is 5.56 Å². The fourth-order valence-electron chi connectivity index (χ4n) is 2.79. The predicted molar refractivity (Wildman–Crippen MR) is 90.6 cm³/mol. The fourth-order valence-corrected chi connectivity index (χ4v) is 2.79. The van der Waals surface area contributed by atoms with E-state index in [9.17, 15) is 4.79 Å². The summed E-state index contributed by atoms with van der Waals surface area (Å²) >= 11 is 0. The van der Waals surface area contributed by atoms with Crippen molar-refractivity contribution in [2.75, 3.05) is 7.11 Å². The number of carbonyl (C=O) groups is 1. The third kappa shape index (κ3) is 5.03. The number of ether oxygens (including phenoxy) is 1. The van der Waals surface area contributed by atoms with Crippen LogP contribution in [0.15, 0.2) is 48.5 Å². The molecule has 22 heavy (non-hydrogen) atoms. The lowest BCUT2D eigenvalue weighted by molar-refractivity contribution is 0.112. The lowest BCUT2D eigenvalue weighted by Gasteiger charge is -2.13. The van der Waals surface area contributed by atoms with Crippen molar-refractivity contribution in [3.8, 4) is 5.75 Å². The Labute approximate surface area is 133 Å². The number of aryl methyl sites for hydroxylation is 1. The van der Waals surface area contributed by atoms with E-state index in [1.807, 2.05) is 12.1 Å². The van der Waals surface area contributed by atoms with Gasteiger partial charge in [-0.2, -0.15) is 0 Å². The van der Waals surface area contributed by atoms with E-state index in [2.05, 4.69) is 37.3 Å². The smallest absolute Gasteiger partial charge is 0.150 e. The number of hydrogen-bond acceptors (Lipinski definition) is 2. The molecule has 2 nitrogen and oxygen atoms in total. The van der Waals surface area contributed by atoms with E-state index in [0.717, 1.165) is 24.9 Å². The standard InChI is InChI=1S/C20H24O2/c1-16(7-6-10-17-8-4-3-5-9-17)11-18-12-19(15-21)14-20(13-18)22-2/h3-5,8-9,12-16H,6-7,10-11H2,1-2H3/t16-/m0/s1. The van der Waals surface area contributed by atoms with Crippen molar-refractivity contribution in [1.29, 1.82) is 0 Å². The monoisotopic (exact) mass is 296 g/mol. The molecule has 0 N–H and O–H groups in total. The van der Waals surface area contributed by atoms with Crippen LogP contribution in [-0.4, -0.2) is 13.4 Å². The van der Waals surface area contributed by atoms with E-state index in [0.29, 0.717) is 11.5 Å². The molecule has 0 fully saturated rings. The normalized spacial score (nSPS) is 11.9. The van der Waals surface area contributed by atoms with Gasteiger partial charge in [-0.15, -0.1) is 0 Å². The molecule has 0 aromatic heterocycles. The Hall–Kier alpha value is -2.09. The highest BCUT2D eigenvalue weighted by Crippen LogP contribution is 2.21. The Morgan fingerprint density at radius 1 is 1.09 bits per heavy atom. The number of methoxy groups -OCH3 is 1. The quantitative estimate of drug-likeness (QED) is 0.659. The number of aldehydes is 1. The van der Waals surface area contributed by atoms with Crippen molar-refractivity contribution in [2.24, 2.45) is 5.92 Å². The summed E-state index contributed by atoms with van der Waals surface area (Å²) in [6.07, 6.45) is 5.36. The molecule has 2 aromatic rings. The molecular formula is C20H24O2. The molecule has 2 aromatic carbocycles. The molecule has 0 unspecified atom stereocenters. The number of benzene rings is 2. The molecule has 0 aliphatic heterocycles. The van der Waals surface area contributed by atoms with Crippen LogP contribution < -0.4 is 4.74 Å². The molecule has 0 saturated heterocycles. The highest BCUT2D eigenvalue weighted by molar-refractivity contribution is 5.76. The van der Waals surface area contributed by atoms with E-state index >= 15 is 0 Å². The van der Waals surface area contributed by atoms with Crippen LogP contribution in [0.4, 0.5) is 0 Å². The number of rotatable bonds is 8. The zero-order valence-corrected chi connectivity index (χ0v) is 13.4. The maximum Gasteiger partial charge on any atom is 0.150 e. The maximum absolute atomic E-state index is 11.0. The largest absolute Gasteiger partial charge is 0.497 e. The molecule has 0 saturated carbocycles. The van der Waals surface area contributed by atoms with Crippen LogP contribution >= 0.6 is 0 Å². The Morgan fingerprint density at radius 2 is 1.86 bits per heavy atom. The first-order chi connectivity index (χ1) is 10.7. The van der Waals surface area contributed by atoms with Gasteiger partial charge in [0.1, 0.15) is 12.0 Å². The van der Waals surface area contributed by atoms with Crippen molar-refractivity contribution >= 4 is 6.29 Å². The molecule has 0 aliphatic rings. The zero-order valence-electron chi connectivity index (χ0n) is 13.4. The minimum atomic E-state index is 0.593. The van der Waals surface area contributed by atoms with E-state index < -0.39 is 0 Å². The lowest BCUT2D eigenvalue weighted by Crippen LogP contribution is -2.02. The molecule has 0 heterocycles. The van der Waals surface area contributed by atoms with Gasteiger partial charge in [-0.3, -0.25) is 4.79 Å². The van der Waals surface area contributed by atoms with Crippen LogP contribution in [-0.2, 0) is 12.8 Å². The molecule has 0 radical (unpaired) electrons. The molecule has 0 spiro atoms. The Balaban J connectivity index is 1.86. The minimum absolute atomic E-state index is 0.593. The van der Waals surface area contributed by atoms with Gasteiger partial charge in [-0.1, -0.05) is 43.7 Å². The van der Waals surface area contributed by atoms with Crippen LogP contribution in [0.3, 0.4) is 0 Å². The molecule has 1 atom stereocenters. The third-order valence-corrected chi connectivity index (χ3v) is 3.95. The molecule has 0 bridgehead atoms. The summed E-state index contributed by atoms with van der Waals surface area (Å²) in [6, 6.07) is 16.4. The molecular weight excluding hydrogens is 272 g/mol. The first-order valence-electron chi connectivity index (χ1n) is 7.88. The average molecular weight is 296 g/mol. The van der Waals surface area contributed by atoms with Crippen molar-refractivity contribution in [2.45, 2.75) is 32.6 Å². The van der Waals surface area contributed by atoms with Crippen LogP contribution in [0.1, 0.15) is 41.3 Å². The summed E-state index contributed by atoms with van der Waals surface area (Å²) < 4.78 is 5.26. The first kappa shape index (κ1) is 16.3. The summed E-state index contributed by atoms with van der Waals surface area (Å²) in [5.41, 5.74) is 3.26. The summed E-state index contributed by atoms with van der Waals surface area (Å²) in [6.45, 7) is 2.27. The van der Waals surface area contributed by atoms with Gasteiger partial charge in [-0.25, -0.2) is 0 Å². The van der Waals surface area contributed by atoms with E-state index in [-0.39, 0.29) is 0 Å². The van der Waals surface area contributed by atoms with Crippen LogP contribution in [0.2, 0.25) is 0 Å². The lowest BCUT2D eigenvalue weighted by atomic mass is 9.94.